The standard InChI is InChI=1S/C15H21NO4/c1-16-8-11(12(9-16)15(17)20-4)10-5-6-13(18-2)14(7-10)19-3/h5-7,11-12H,8-9H2,1-4H3/t11-,12+/m0/s1. The maximum atomic E-state index is 11.9. The second-order valence-electron chi connectivity index (χ2n) is 5.07. The highest BCUT2D eigenvalue weighted by Gasteiger charge is 2.38. The van der Waals surface area contributed by atoms with E-state index in [9.17, 15) is 4.79 Å². The van der Waals surface area contributed by atoms with Gasteiger partial charge in [-0.05, 0) is 24.7 Å². The first-order valence-corrected chi connectivity index (χ1v) is 6.59. The summed E-state index contributed by atoms with van der Waals surface area (Å²) < 4.78 is 15.5. The smallest absolute Gasteiger partial charge is 0.310 e. The average Bonchev–Trinajstić information content (AvgIpc) is 2.87. The second-order valence-corrected chi connectivity index (χ2v) is 5.07. The minimum absolute atomic E-state index is 0.118. The van der Waals surface area contributed by atoms with E-state index in [1.165, 1.54) is 7.11 Å². The lowest BCUT2D eigenvalue weighted by Gasteiger charge is -2.18. The molecule has 2 atom stereocenters. The van der Waals surface area contributed by atoms with Crippen molar-refractivity contribution in [3.05, 3.63) is 23.8 Å². The van der Waals surface area contributed by atoms with Gasteiger partial charge in [0.1, 0.15) is 0 Å². The predicted octanol–water partition coefficient (Wildman–Crippen LogP) is 1.52. The van der Waals surface area contributed by atoms with Crippen molar-refractivity contribution in [1.29, 1.82) is 0 Å². The van der Waals surface area contributed by atoms with Crippen molar-refractivity contribution >= 4 is 5.97 Å². The van der Waals surface area contributed by atoms with Gasteiger partial charge in [0.25, 0.3) is 0 Å². The van der Waals surface area contributed by atoms with Crippen molar-refractivity contribution in [1.82, 2.24) is 4.90 Å². The average molecular weight is 279 g/mol. The Bertz CT molecular complexity index is 489. The highest BCUT2D eigenvalue weighted by Crippen LogP contribution is 2.37. The molecular weight excluding hydrogens is 258 g/mol. The monoisotopic (exact) mass is 279 g/mol. The number of rotatable bonds is 4. The van der Waals surface area contributed by atoms with Crippen molar-refractivity contribution in [3.8, 4) is 11.5 Å². The first-order chi connectivity index (χ1) is 9.60. The molecule has 1 saturated heterocycles. The maximum absolute atomic E-state index is 11.9. The van der Waals surface area contributed by atoms with Gasteiger partial charge in [-0.15, -0.1) is 0 Å². The maximum Gasteiger partial charge on any atom is 0.310 e. The number of nitrogens with zero attached hydrogens (tertiary/aromatic N) is 1. The summed E-state index contributed by atoms with van der Waals surface area (Å²) >= 11 is 0. The van der Waals surface area contributed by atoms with Crippen LogP contribution in [0.2, 0.25) is 0 Å². The largest absolute Gasteiger partial charge is 0.493 e. The molecule has 5 nitrogen and oxygen atoms in total. The third kappa shape index (κ3) is 2.72. The molecular formula is C15H21NO4. The molecule has 0 bridgehead atoms. The summed E-state index contributed by atoms with van der Waals surface area (Å²) in [7, 11) is 6.67. The van der Waals surface area contributed by atoms with Crippen molar-refractivity contribution in [2.75, 3.05) is 41.5 Å². The Hall–Kier alpha value is -1.75. The fourth-order valence-corrected chi connectivity index (χ4v) is 2.81. The molecule has 0 aliphatic carbocycles. The van der Waals surface area contributed by atoms with Crippen LogP contribution in [-0.2, 0) is 9.53 Å². The lowest BCUT2D eigenvalue weighted by atomic mass is 9.89. The molecule has 1 aromatic rings. The SMILES string of the molecule is COC(=O)[C@@H]1CN(C)C[C@H]1c1ccc(OC)c(OC)c1. The number of carbonyl (C=O) groups is 1. The zero-order valence-electron chi connectivity index (χ0n) is 12.4. The van der Waals surface area contributed by atoms with E-state index in [4.69, 9.17) is 14.2 Å². The van der Waals surface area contributed by atoms with Crippen molar-refractivity contribution in [2.24, 2.45) is 5.92 Å². The zero-order chi connectivity index (χ0) is 14.7. The van der Waals surface area contributed by atoms with E-state index in [1.807, 2.05) is 25.2 Å². The summed E-state index contributed by atoms with van der Waals surface area (Å²) in [6.07, 6.45) is 0. The molecule has 110 valence electrons. The topological polar surface area (TPSA) is 48.0 Å². The van der Waals surface area contributed by atoms with Gasteiger partial charge in [-0.25, -0.2) is 0 Å². The first-order valence-electron chi connectivity index (χ1n) is 6.59. The first kappa shape index (κ1) is 14.7. The lowest BCUT2D eigenvalue weighted by Crippen LogP contribution is -2.23. The number of likely N-dealkylation sites (tertiary alicyclic amines) is 1. The summed E-state index contributed by atoms with van der Waals surface area (Å²) in [5.74, 6) is 1.20. The van der Waals surface area contributed by atoms with Gasteiger partial charge in [0.05, 0.1) is 27.2 Å². The quantitative estimate of drug-likeness (QED) is 0.782. The number of likely N-dealkylation sites (N-methyl/N-ethyl adjacent to an activating group) is 1. The van der Waals surface area contributed by atoms with Gasteiger partial charge in [-0.3, -0.25) is 4.79 Å². The summed E-state index contributed by atoms with van der Waals surface area (Å²) in [6.45, 7) is 1.54. The van der Waals surface area contributed by atoms with Crippen molar-refractivity contribution in [2.45, 2.75) is 5.92 Å². The zero-order valence-corrected chi connectivity index (χ0v) is 12.4. The molecule has 2 rings (SSSR count). The van der Waals surface area contributed by atoms with Crippen molar-refractivity contribution < 1.29 is 19.0 Å². The van der Waals surface area contributed by atoms with Crippen LogP contribution in [0.5, 0.6) is 11.5 Å². The number of hydrogen-bond acceptors (Lipinski definition) is 5. The van der Waals surface area contributed by atoms with Crippen molar-refractivity contribution in [3.63, 3.8) is 0 Å². The minimum Gasteiger partial charge on any atom is -0.493 e. The minimum atomic E-state index is -0.158. The van der Waals surface area contributed by atoms with Gasteiger partial charge in [0, 0.05) is 19.0 Å². The number of methoxy groups -OCH3 is 3. The van der Waals surface area contributed by atoms with Crippen LogP contribution < -0.4 is 9.47 Å². The van der Waals surface area contributed by atoms with Gasteiger partial charge in [0.2, 0.25) is 0 Å². The van der Waals surface area contributed by atoms with Gasteiger partial charge in [-0.1, -0.05) is 6.07 Å². The van der Waals surface area contributed by atoms with Crippen LogP contribution in [0.3, 0.4) is 0 Å². The fourth-order valence-electron chi connectivity index (χ4n) is 2.81. The molecule has 0 unspecified atom stereocenters. The molecule has 0 spiro atoms. The number of hydrogen-bond donors (Lipinski definition) is 0. The molecule has 1 fully saturated rings. The van der Waals surface area contributed by atoms with Gasteiger partial charge >= 0.3 is 5.97 Å². The highest BCUT2D eigenvalue weighted by atomic mass is 16.5. The van der Waals surface area contributed by atoms with Crippen LogP contribution in [0, 0.1) is 5.92 Å². The van der Waals surface area contributed by atoms with Crippen LogP contribution in [-0.4, -0.2) is 52.3 Å². The van der Waals surface area contributed by atoms with E-state index < -0.39 is 0 Å². The Labute approximate surface area is 119 Å². The number of carbonyl (C=O) groups excluding carboxylic acids is 1. The normalized spacial score (nSPS) is 22.6. The van der Waals surface area contributed by atoms with E-state index in [1.54, 1.807) is 14.2 Å². The summed E-state index contributed by atoms with van der Waals surface area (Å²) in [6, 6.07) is 5.81. The van der Waals surface area contributed by atoms with Crippen LogP contribution >= 0.6 is 0 Å². The third-order valence-electron chi connectivity index (χ3n) is 3.84. The summed E-state index contributed by atoms with van der Waals surface area (Å²) in [5.41, 5.74) is 1.07. The van der Waals surface area contributed by atoms with E-state index in [2.05, 4.69) is 4.90 Å². The van der Waals surface area contributed by atoms with E-state index in [0.717, 1.165) is 12.1 Å². The summed E-state index contributed by atoms with van der Waals surface area (Å²) in [5, 5.41) is 0. The van der Waals surface area contributed by atoms with Gasteiger partial charge < -0.3 is 19.1 Å². The molecule has 0 amide bonds. The molecule has 0 aromatic heterocycles. The van der Waals surface area contributed by atoms with Crippen LogP contribution in [0.25, 0.3) is 0 Å². The number of ether oxygens (including phenoxy) is 3. The van der Waals surface area contributed by atoms with E-state index in [0.29, 0.717) is 18.0 Å². The summed E-state index contributed by atoms with van der Waals surface area (Å²) in [4.78, 5) is 14.1. The second kappa shape index (κ2) is 6.13. The molecule has 5 heteroatoms. The van der Waals surface area contributed by atoms with Gasteiger partial charge in [0.15, 0.2) is 11.5 Å². The molecule has 1 aromatic carbocycles. The third-order valence-corrected chi connectivity index (χ3v) is 3.84. The Balaban J connectivity index is 2.31. The number of benzene rings is 1. The highest BCUT2D eigenvalue weighted by molar-refractivity contribution is 5.74. The van der Waals surface area contributed by atoms with E-state index in [-0.39, 0.29) is 17.8 Å². The van der Waals surface area contributed by atoms with Crippen LogP contribution in [0.15, 0.2) is 18.2 Å². The molecule has 0 radical (unpaired) electrons. The molecule has 1 aliphatic rings. The Morgan fingerprint density at radius 3 is 2.45 bits per heavy atom. The number of esters is 1. The van der Waals surface area contributed by atoms with Crippen LogP contribution in [0.4, 0.5) is 0 Å². The van der Waals surface area contributed by atoms with Crippen LogP contribution in [0.1, 0.15) is 11.5 Å². The Kier molecular flexibility index (Phi) is 4.49. The Morgan fingerprint density at radius 2 is 1.85 bits per heavy atom. The Morgan fingerprint density at radius 1 is 1.15 bits per heavy atom. The molecule has 0 saturated carbocycles. The van der Waals surface area contributed by atoms with Gasteiger partial charge in [-0.2, -0.15) is 0 Å². The predicted molar refractivity (Wildman–Crippen MR) is 75.3 cm³/mol. The lowest BCUT2D eigenvalue weighted by molar-refractivity contribution is -0.145. The molecule has 20 heavy (non-hydrogen) atoms. The molecule has 0 N–H and O–H groups in total. The fraction of sp³-hybridized carbons (Fsp3) is 0.533. The molecule has 1 aliphatic heterocycles. The van der Waals surface area contributed by atoms with E-state index >= 15 is 0 Å². The molecule has 1 heterocycles.